The van der Waals surface area contributed by atoms with Gasteiger partial charge in [-0.2, -0.15) is 11.8 Å². The second-order valence-corrected chi connectivity index (χ2v) is 5.57. The molecule has 0 atom stereocenters. The van der Waals surface area contributed by atoms with Crippen molar-refractivity contribution in [3.8, 4) is 0 Å². The number of hydrogen-bond acceptors (Lipinski definition) is 2. The van der Waals surface area contributed by atoms with E-state index < -0.39 is 0 Å². The van der Waals surface area contributed by atoms with Gasteiger partial charge < -0.3 is 10.6 Å². The highest BCUT2D eigenvalue weighted by Gasteiger charge is 2.15. The van der Waals surface area contributed by atoms with Gasteiger partial charge in [-0.05, 0) is 44.6 Å². The van der Waals surface area contributed by atoms with E-state index in [4.69, 9.17) is 0 Å². The average molecular weight is 257 g/mol. The highest BCUT2D eigenvalue weighted by atomic mass is 32.2. The maximum absolute atomic E-state index is 4.63. The Hall–Kier alpha value is -0.380. The van der Waals surface area contributed by atoms with E-state index in [1.807, 2.05) is 11.8 Å². The van der Waals surface area contributed by atoms with Crippen LogP contribution in [-0.2, 0) is 0 Å². The van der Waals surface area contributed by atoms with Crippen molar-refractivity contribution in [2.24, 2.45) is 4.99 Å². The van der Waals surface area contributed by atoms with E-state index >= 15 is 0 Å². The Morgan fingerprint density at radius 3 is 2.71 bits per heavy atom. The molecular weight excluding hydrogens is 230 g/mol. The highest BCUT2D eigenvalue weighted by molar-refractivity contribution is 7.98. The zero-order valence-electron chi connectivity index (χ0n) is 11.3. The van der Waals surface area contributed by atoms with Gasteiger partial charge in [-0.1, -0.05) is 12.8 Å². The number of nitrogens with one attached hydrogen (secondary N) is 2. The summed E-state index contributed by atoms with van der Waals surface area (Å²) in [5.74, 6) is 2.27. The van der Waals surface area contributed by atoms with Gasteiger partial charge in [0.2, 0.25) is 0 Å². The average Bonchev–Trinajstić information content (AvgIpc) is 2.82. The predicted molar refractivity (Wildman–Crippen MR) is 79.0 cm³/mol. The Morgan fingerprint density at radius 1 is 1.29 bits per heavy atom. The van der Waals surface area contributed by atoms with E-state index in [1.54, 1.807) is 0 Å². The van der Waals surface area contributed by atoms with E-state index in [9.17, 15) is 0 Å². The molecule has 0 aromatic heterocycles. The zero-order chi connectivity index (χ0) is 12.3. The van der Waals surface area contributed by atoms with Crippen molar-refractivity contribution in [2.45, 2.75) is 51.5 Å². The topological polar surface area (TPSA) is 36.4 Å². The fourth-order valence-corrected chi connectivity index (χ4v) is 2.63. The third-order valence-electron chi connectivity index (χ3n) is 3.07. The van der Waals surface area contributed by atoms with Crippen LogP contribution in [0.3, 0.4) is 0 Å². The van der Waals surface area contributed by atoms with E-state index in [1.165, 1.54) is 44.3 Å². The molecule has 0 spiro atoms. The van der Waals surface area contributed by atoms with E-state index in [2.05, 4.69) is 28.8 Å². The fraction of sp³-hybridized carbons (Fsp3) is 0.923. The van der Waals surface area contributed by atoms with E-state index in [-0.39, 0.29) is 0 Å². The predicted octanol–water partition coefficient (Wildman–Crippen LogP) is 2.63. The molecule has 2 N–H and O–H groups in total. The van der Waals surface area contributed by atoms with Crippen LogP contribution in [0.1, 0.15) is 45.4 Å². The molecule has 1 aliphatic rings. The monoisotopic (exact) mass is 257 g/mol. The van der Waals surface area contributed by atoms with Gasteiger partial charge in [0.25, 0.3) is 0 Å². The highest BCUT2D eigenvalue weighted by Crippen LogP contribution is 2.17. The zero-order valence-corrected chi connectivity index (χ0v) is 12.1. The molecular formula is C13H27N3S. The standard InChI is InChI=1S/C13H27N3S/c1-3-14-13(15-10-6-7-11-17-2)16-12-8-4-5-9-12/h12H,3-11H2,1-2H3,(H2,14,15,16). The summed E-state index contributed by atoms with van der Waals surface area (Å²) in [6.45, 7) is 4.02. The summed E-state index contributed by atoms with van der Waals surface area (Å²) in [7, 11) is 0. The molecule has 0 aliphatic heterocycles. The number of unbranched alkanes of at least 4 members (excludes halogenated alkanes) is 1. The Morgan fingerprint density at radius 2 is 2.06 bits per heavy atom. The summed E-state index contributed by atoms with van der Waals surface area (Å²) < 4.78 is 0. The van der Waals surface area contributed by atoms with Crippen molar-refractivity contribution in [3.05, 3.63) is 0 Å². The van der Waals surface area contributed by atoms with Gasteiger partial charge in [-0.15, -0.1) is 0 Å². The van der Waals surface area contributed by atoms with E-state index in [0.717, 1.165) is 19.0 Å². The summed E-state index contributed by atoms with van der Waals surface area (Å²) in [5.41, 5.74) is 0. The van der Waals surface area contributed by atoms with Gasteiger partial charge in [-0.25, -0.2) is 0 Å². The molecule has 0 amide bonds. The van der Waals surface area contributed by atoms with Crippen molar-refractivity contribution in [2.75, 3.05) is 25.1 Å². The smallest absolute Gasteiger partial charge is 0.191 e. The van der Waals surface area contributed by atoms with Gasteiger partial charge in [-0.3, -0.25) is 4.99 Å². The van der Waals surface area contributed by atoms with Crippen molar-refractivity contribution in [3.63, 3.8) is 0 Å². The minimum Gasteiger partial charge on any atom is -0.357 e. The van der Waals surface area contributed by atoms with Crippen LogP contribution in [0.4, 0.5) is 0 Å². The first kappa shape index (κ1) is 14.7. The van der Waals surface area contributed by atoms with Gasteiger partial charge in [0, 0.05) is 19.1 Å². The summed E-state index contributed by atoms with van der Waals surface area (Å²) in [6.07, 6.45) is 9.97. The first-order valence-corrected chi connectivity index (χ1v) is 8.30. The van der Waals surface area contributed by atoms with Crippen molar-refractivity contribution < 1.29 is 0 Å². The second-order valence-electron chi connectivity index (χ2n) is 4.59. The first-order chi connectivity index (χ1) is 8.36. The lowest BCUT2D eigenvalue weighted by Crippen LogP contribution is -2.42. The molecule has 0 bridgehead atoms. The number of guanidine groups is 1. The molecule has 3 nitrogen and oxygen atoms in total. The molecule has 0 radical (unpaired) electrons. The third-order valence-corrected chi connectivity index (χ3v) is 3.76. The summed E-state index contributed by atoms with van der Waals surface area (Å²) in [6, 6.07) is 0.652. The SMILES string of the molecule is CCNC(=NCCCCSC)NC1CCCC1. The van der Waals surface area contributed by atoms with Crippen LogP contribution in [0.15, 0.2) is 4.99 Å². The Bertz CT molecular complexity index is 213. The largest absolute Gasteiger partial charge is 0.357 e. The molecule has 0 unspecified atom stereocenters. The Balaban J connectivity index is 2.22. The normalized spacial score (nSPS) is 17.4. The van der Waals surface area contributed by atoms with Gasteiger partial charge >= 0.3 is 0 Å². The number of aliphatic imine (C=N–C) groups is 1. The minimum absolute atomic E-state index is 0.652. The van der Waals surface area contributed by atoms with Gasteiger partial charge in [0.1, 0.15) is 0 Å². The number of hydrogen-bond donors (Lipinski definition) is 2. The van der Waals surface area contributed by atoms with Crippen molar-refractivity contribution in [1.29, 1.82) is 0 Å². The molecule has 1 saturated carbocycles. The quantitative estimate of drug-likeness (QED) is 0.418. The second kappa shape index (κ2) is 9.63. The molecule has 0 saturated heterocycles. The molecule has 100 valence electrons. The van der Waals surface area contributed by atoms with Crippen LogP contribution in [0.25, 0.3) is 0 Å². The lowest BCUT2D eigenvalue weighted by molar-refractivity contribution is 0.613. The minimum atomic E-state index is 0.652. The lowest BCUT2D eigenvalue weighted by Gasteiger charge is -2.16. The molecule has 17 heavy (non-hydrogen) atoms. The maximum atomic E-state index is 4.63. The molecule has 1 aliphatic carbocycles. The van der Waals surface area contributed by atoms with Crippen LogP contribution in [0.5, 0.6) is 0 Å². The van der Waals surface area contributed by atoms with Crippen LogP contribution in [0.2, 0.25) is 0 Å². The number of nitrogens with zero attached hydrogens (tertiary/aromatic N) is 1. The molecule has 0 aromatic rings. The van der Waals surface area contributed by atoms with Gasteiger partial charge in [0.05, 0.1) is 0 Å². The number of rotatable bonds is 7. The lowest BCUT2D eigenvalue weighted by atomic mass is 10.2. The summed E-state index contributed by atoms with van der Waals surface area (Å²) >= 11 is 1.92. The van der Waals surface area contributed by atoms with Crippen LogP contribution in [0, 0.1) is 0 Å². The third kappa shape index (κ3) is 6.81. The van der Waals surface area contributed by atoms with Crippen LogP contribution >= 0.6 is 11.8 Å². The first-order valence-electron chi connectivity index (χ1n) is 6.90. The Labute approximate surface area is 110 Å². The molecule has 1 fully saturated rings. The fourth-order valence-electron chi connectivity index (χ4n) is 2.13. The maximum Gasteiger partial charge on any atom is 0.191 e. The van der Waals surface area contributed by atoms with Crippen molar-refractivity contribution >= 4 is 17.7 Å². The van der Waals surface area contributed by atoms with Crippen LogP contribution in [-0.4, -0.2) is 37.1 Å². The van der Waals surface area contributed by atoms with Gasteiger partial charge in [0.15, 0.2) is 5.96 Å². The van der Waals surface area contributed by atoms with E-state index in [0.29, 0.717) is 6.04 Å². The molecule has 0 aromatic carbocycles. The summed E-state index contributed by atoms with van der Waals surface area (Å²) in [5, 5.41) is 6.88. The Kier molecular flexibility index (Phi) is 8.32. The molecule has 1 rings (SSSR count). The number of thioether (sulfide) groups is 1. The molecule has 4 heteroatoms. The molecule has 0 heterocycles. The van der Waals surface area contributed by atoms with Crippen molar-refractivity contribution in [1.82, 2.24) is 10.6 Å². The van der Waals surface area contributed by atoms with Crippen LogP contribution < -0.4 is 10.6 Å². The summed E-state index contributed by atoms with van der Waals surface area (Å²) in [4.78, 5) is 4.63.